The molecule has 0 aromatic heterocycles. The zero-order valence-electron chi connectivity index (χ0n) is 15.8. The van der Waals surface area contributed by atoms with Gasteiger partial charge in [0.25, 0.3) is 0 Å². The summed E-state index contributed by atoms with van der Waals surface area (Å²) >= 11 is 7.50. The second-order valence-corrected chi connectivity index (χ2v) is 9.14. The SMILES string of the molecule is CC1=C2C(=O)C(c3ccccc3)=C3C=CC[C@@H]([C@H](C(=O)c4ccc(Cl)cc4)S1)N32. The molecule has 3 aliphatic rings. The number of hydrogen-bond donors (Lipinski definition) is 0. The highest BCUT2D eigenvalue weighted by atomic mass is 35.5. The Morgan fingerprint density at radius 3 is 2.55 bits per heavy atom. The molecular weight excluding hydrogens is 402 g/mol. The van der Waals surface area contributed by atoms with Gasteiger partial charge < -0.3 is 4.90 Å². The van der Waals surface area contributed by atoms with Gasteiger partial charge in [0.15, 0.2) is 5.78 Å². The average Bonchev–Trinajstić information content (AvgIpc) is 3.05. The zero-order valence-corrected chi connectivity index (χ0v) is 17.3. The van der Waals surface area contributed by atoms with Crippen molar-refractivity contribution in [2.24, 2.45) is 0 Å². The molecule has 5 heteroatoms. The molecule has 0 saturated carbocycles. The molecule has 0 aliphatic carbocycles. The lowest BCUT2D eigenvalue weighted by molar-refractivity contribution is -0.111. The van der Waals surface area contributed by atoms with Crippen LogP contribution >= 0.6 is 23.4 Å². The number of carbonyl (C=O) groups is 2. The third-order valence-corrected chi connectivity index (χ3v) is 7.20. The highest BCUT2D eigenvalue weighted by Gasteiger charge is 2.48. The minimum atomic E-state index is -0.275. The van der Waals surface area contributed by atoms with Crippen molar-refractivity contribution in [2.75, 3.05) is 0 Å². The first-order chi connectivity index (χ1) is 14.1. The van der Waals surface area contributed by atoms with Gasteiger partial charge in [0, 0.05) is 15.5 Å². The third-order valence-electron chi connectivity index (χ3n) is 5.62. The van der Waals surface area contributed by atoms with Crippen LogP contribution in [0.3, 0.4) is 0 Å². The third kappa shape index (κ3) is 2.90. The maximum Gasteiger partial charge on any atom is 0.212 e. The van der Waals surface area contributed by atoms with Gasteiger partial charge >= 0.3 is 0 Å². The van der Waals surface area contributed by atoms with Crippen molar-refractivity contribution in [3.63, 3.8) is 0 Å². The summed E-state index contributed by atoms with van der Waals surface area (Å²) < 4.78 is 0. The van der Waals surface area contributed by atoms with Crippen LogP contribution in [0.2, 0.25) is 5.02 Å². The molecule has 29 heavy (non-hydrogen) atoms. The van der Waals surface area contributed by atoms with Gasteiger partial charge in [-0.15, -0.1) is 11.8 Å². The van der Waals surface area contributed by atoms with E-state index in [1.54, 1.807) is 24.3 Å². The first-order valence-corrected chi connectivity index (χ1v) is 10.8. The molecule has 5 rings (SSSR count). The van der Waals surface area contributed by atoms with Crippen molar-refractivity contribution < 1.29 is 9.59 Å². The molecule has 2 atom stereocenters. The van der Waals surface area contributed by atoms with Crippen molar-refractivity contribution in [1.29, 1.82) is 0 Å². The van der Waals surface area contributed by atoms with Crippen LogP contribution in [0.15, 0.2) is 83.0 Å². The molecule has 2 aromatic rings. The van der Waals surface area contributed by atoms with Gasteiger partial charge in [-0.2, -0.15) is 0 Å². The maximum atomic E-state index is 13.4. The normalized spacial score (nSPS) is 23.0. The molecule has 2 aromatic carbocycles. The Bertz CT molecular complexity index is 1120. The maximum absolute atomic E-state index is 13.4. The Morgan fingerprint density at radius 2 is 1.83 bits per heavy atom. The lowest BCUT2D eigenvalue weighted by Gasteiger charge is -2.42. The number of thioether (sulfide) groups is 1. The number of allylic oxidation sites excluding steroid dienone is 3. The van der Waals surface area contributed by atoms with E-state index in [-0.39, 0.29) is 22.9 Å². The van der Waals surface area contributed by atoms with Crippen LogP contribution < -0.4 is 0 Å². The van der Waals surface area contributed by atoms with Crippen LogP contribution in [0.5, 0.6) is 0 Å². The summed E-state index contributed by atoms with van der Waals surface area (Å²) in [5.74, 6) is 0.121. The summed E-state index contributed by atoms with van der Waals surface area (Å²) in [4.78, 5) is 29.7. The number of nitrogens with zero attached hydrogens (tertiary/aromatic N) is 1. The monoisotopic (exact) mass is 419 g/mol. The van der Waals surface area contributed by atoms with Gasteiger partial charge in [0.1, 0.15) is 0 Å². The summed E-state index contributed by atoms with van der Waals surface area (Å²) in [7, 11) is 0. The highest BCUT2D eigenvalue weighted by Crippen LogP contribution is 2.49. The van der Waals surface area contributed by atoms with Gasteiger partial charge in [-0.05, 0) is 49.2 Å². The molecule has 0 radical (unpaired) electrons. The van der Waals surface area contributed by atoms with Gasteiger partial charge in [-0.25, -0.2) is 0 Å². The van der Waals surface area contributed by atoms with Crippen molar-refractivity contribution in [3.8, 4) is 0 Å². The largest absolute Gasteiger partial charge is 0.332 e. The fourth-order valence-electron chi connectivity index (χ4n) is 4.32. The Kier molecular flexibility index (Phi) is 4.49. The lowest BCUT2D eigenvalue weighted by atomic mass is 9.95. The molecule has 3 nitrogen and oxygen atoms in total. The first-order valence-electron chi connectivity index (χ1n) is 9.54. The Labute approximate surface area is 178 Å². The van der Waals surface area contributed by atoms with E-state index in [2.05, 4.69) is 11.0 Å². The van der Waals surface area contributed by atoms with E-state index in [1.807, 2.05) is 43.3 Å². The van der Waals surface area contributed by atoms with E-state index in [0.29, 0.717) is 10.6 Å². The molecule has 144 valence electrons. The van der Waals surface area contributed by atoms with Gasteiger partial charge in [0.05, 0.1) is 28.3 Å². The molecule has 0 amide bonds. The van der Waals surface area contributed by atoms with Crippen LogP contribution in [-0.4, -0.2) is 27.8 Å². The number of benzene rings is 2. The van der Waals surface area contributed by atoms with E-state index in [1.165, 1.54) is 11.8 Å². The number of Topliss-reactive ketones (excluding diaryl/α,β-unsaturated/α-hetero) is 2. The van der Waals surface area contributed by atoms with Crippen LogP contribution in [0.25, 0.3) is 5.57 Å². The average molecular weight is 420 g/mol. The van der Waals surface area contributed by atoms with Crippen LogP contribution in [0, 0.1) is 0 Å². The number of hydrogen-bond acceptors (Lipinski definition) is 4. The number of halogens is 1. The van der Waals surface area contributed by atoms with Gasteiger partial charge in [-0.3, -0.25) is 9.59 Å². The van der Waals surface area contributed by atoms with Crippen LogP contribution in [-0.2, 0) is 4.79 Å². The molecule has 0 bridgehead atoms. The van der Waals surface area contributed by atoms with Crippen LogP contribution in [0.4, 0.5) is 0 Å². The summed E-state index contributed by atoms with van der Waals surface area (Å²) in [5.41, 5.74) is 3.91. The van der Waals surface area contributed by atoms with E-state index < -0.39 is 0 Å². The second-order valence-electron chi connectivity index (χ2n) is 7.35. The Hall–Kier alpha value is -2.56. The molecule has 0 spiro atoms. The second kappa shape index (κ2) is 7.05. The van der Waals surface area contributed by atoms with E-state index in [4.69, 9.17) is 11.6 Å². The molecule has 0 unspecified atom stereocenters. The van der Waals surface area contributed by atoms with Gasteiger partial charge in [0.2, 0.25) is 5.78 Å². The summed E-state index contributed by atoms with van der Waals surface area (Å²) in [5, 5.41) is 0.336. The van der Waals surface area contributed by atoms with E-state index >= 15 is 0 Å². The molecule has 3 heterocycles. The first kappa shape index (κ1) is 18.5. The molecule has 3 aliphatic heterocycles. The fraction of sp³-hybridized carbons (Fsp3) is 0.167. The molecule has 0 saturated heterocycles. The molecule has 0 N–H and O–H groups in total. The summed E-state index contributed by atoms with van der Waals surface area (Å²) in [6.45, 7) is 1.94. The predicted octanol–water partition coefficient (Wildman–Crippen LogP) is 5.49. The number of carbonyl (C=O) groups excluding carboxylic acids is 2. The van der Waals surface area contributed by atoms with Crippen molar-refractivity contribution in [1.82, 2.24) is 4.90 Å². The number of ketones is 2. The summed E-state index contributed by atoms with van der Waals surface area (Å²) in [6.07, 6.45) is 4.84. The van der Waals surface area contributed by atoms with Crippen molar-refractivity contribution in [2.45, 2.75) is 24.6 Å². The topological polar surface area (TPSA) is 37.4 Å². The predicted molar refractivity (Wildman–Crippen MR) is 118 cm³/mol. The molecular formula is C24H18ClNO2S. The number of rotatable bonds is 3. The standard InChI is InChI=1S/C24H18ClNO2S/c1-14-21-23(28)20(15-6-3-2-4-7-15)18-8-5-9-19(26(18)21)24(29-14)22(27)16-10-12-17(25)13-11-16/h2-8,10-13,19,24H,9H2,1H3/t19-,24+/m0/s1. The highest BCUT2D eigenvalue weighted by molar-refractivity contribution is 8.04. The quantitative estimate of drug-likeness (QED) is 0.616. The molecule has 0 fully saturated rings. The lowest BCUT2D eigenvalue weighted by Crippen LogP contribution is -2.47. The fourth-order valence-corrected chi connectivity index (χ4v) is 5.76. The minimum absolute atomic E-state index is 0.0464. The Morgan fingerprint density at radius 1 is 1.10 bits per heavy atom. The van der Waals surface area contributed by atoms with Crippen molar-refractivity contribution >= 4 is 40.5 Å². The van der Waals surface area contributed by atoms with E-state index in [0.717, 1.165) is 33.9 Å². The van der Waals surface area contributed by atoms with E-state index in [9.17, 15) is 9.59 Å². The van der Waals surface area contributed by atoms with Crippen LogP contribution in [0.1, 0.15) is 29.3 Å². The zero-order chi connectivity index (χ0) is 20.1. The minimum Gasteiger partial charge on any atom is -0.332 e. The smallest absolute Gasteiger partial charge is 0.212 e. The Balaban J connectivity index is 1.60. The van der Waals surface area contributed by atoms with Gasteiger partial charge in [-0.1, -0.05) is 48.0 Å². The summed E-state index contributed by atoms with van der Waals surface area (Å²) in [6, 6.07) is 16.7. The van der Waals surface area contributed by atoms with Crippen molar-refractivity contribution in [3.05, 3.63) is 99.2 Å².